The van der Waals surface area contributed by atoms with Gasteiger partial charge in [0.15, 0.2) is 0 Å². The largest absolute Gasteiger partial charge is 0.492 e. The SMILES string of the molecule is CNCc1ccc(OCC2CC3CCC2C3)c(Br)c1. The summed E-state index contributed by atoms with van der Waals surface area (Å²) < 4.78 is 7.11. The Labute approximate surface area is 124 Å². The Morgan fingerprint density at radius 1 is 1.32 bits per heavy atom. The van der Waals surface area contributed by atoms with Gasteiger partial charge < -0.3 is 10.1 Å². The van der Waals surface area contributed by atoms with Crippen LogP contribution in [-0.4, -0.2) is 13.7 Å². The molecule has 0 aliphatic heterocycles. The molecule has 0 spiro atoms. The van der Waals surface area contributed by atoms with Crippen LogP contribution in [0.2, 0.25) is 0 Å². The first-order valence-electron chi connectivity index (χ1n) is 7.32. The average molecular weight is 324 g/mol. The zero-order valence-electron chi connectivity index (χ0n) is 11.5. The van der Waals surface area contributed by atoms with Gasteiger partial charge in [-0.1, -0.05) is 12.5 Å². The van der Waals surface area contributed by atoms with Gasteiger partial charge in [-0.3, -0.25) is 0 Å². The molecule has 0 aromatic heterocycles. The average Bonchev–Trinajstić information content (AvgIpc) is 3.00. The van der Waals surface area contributed by atoms with E-state index in [-0.39, 0.29) is 0 Å². The lowest BCUT2D eigenvalue weighted by atomic mass is 9.89. The molecule has 2 bridgehead atoms. The monoisotopic (exact) mass is 323 g/mol. The summed E-state index contributed by atoms with van der Waals surface area (Å²) in [5.74, 6) is 3.72. The van der Waals surface area contributed by atoms with Gasteiger partial charge in [-0.2, -0.15) is 0 Å². The highest BCUT2D eigenvalue weighted by atomic mass is 79.9. The number of benzene rings is 1. The van der Waals surface area contributed by atoms with Gasteiger partial charge >= 0.3 is 0 Å². The number of nitrogens with one attached hydrogen (secondary N) is 1. The Morgan fingerprint density at radius 3 is 2.84 bits per heavy atom. The number of hydrogen-bond donors (Lipinski definition) is 1. The molecular formula is C16H22BrNO. The second-order valence-electron chi connectivity index (χ2n) is 6.04. The van der Waals surface area contributed by atoms with Crippen molar-refractivity contribution in [2.45, 2.75) is 32.2 Å². The van der Waals surface area contributed by atoms with E-state index in [2.05, 4.69) is 39.4 Å². The fourth-order valence-corrected chi connectivity index (χ4v) is 4.29. The smallest absolute Gasteiger partial charge is 0.133 e. The van der Waals surface area contributed by atoms with Crippen LogP contribution in [-0.2, 0) is 6.54 Å². The standard InChI is InChI=1S/C16H22BrNO/c1-18-9-12-3-5-16(15(17)8-12)19-10-14-7-11-2-4-13(14)6-11/h3,5,8,11,13-14,18H,2,4,6-7,9-10H2,1H3. The summed E-state index contributed by atoms with van der Waals surface area (Å²) >= 11 is 3.61. The first-order valence-corrected chi connectivity index (χ1v) is 8.11. The van der Waals surface area contributed by atoms with E-state index in [4.69, 9.17) is 4.74 Å². The Kier molecular flexibility index (Phi) is 4.13. The fraction of sp³-hybridized carbons (Fsp3) is 0.625. The molecule has 1 aromatic carbocycles. The molecular weight excluding hydrogens is 302 g/mol. The number of fused-ring (bicyclic) bond motifs is 2. The van der Waals surface area contributed by atoms with Crippen molar-refractivity contribution in [1.82, 2.24) is 5.32 Å². The third-order valence-corrected chi connectivity index (χ3v) is 5.33. The third-order valence-electron chi connectivity index (χ3n) is 4.71. The highest BCUT2D eigenvalue weighted by Gasteiger charge is 2.39. The van der Waals surface area contributed by atoms with Crippen LogP contribution in [0.4, 0.5) is 0 Å². The second kappa shape index (κ2) is 5.84. The topological polar surface area (TPSA) is 21.3 Å². The molecule has 3 rings (SSSR count). The minimum atomic E-state index is 0.794. The van der Waals surface area contributed by atoms with Gasteiger partial charge in [-0.15, -0.1) is 0 Å². The molecule has 2 nitrogen and oxygen atoms in total. The minimum absolute atomic E-state index is 0.794. The third kappa shape index (κ3) is 2.97. The van der Waals surface area contributed by atoms with E-state index < -0.39 is 0 Å². The van der Waals surface area contributed by atoms with Gasteiger partial charge in [0, 0.05) is 6.54 Å². The Bertz CT molecular complexity index is 448. The number of halogens is 1. The van der Waals surface area contributed by atoms with E-state index in [0.29, 0.717) is 0 Å². The van der Waals surface area contributed by atoms with E-state index in [0.717, 1.165) is 41.1 Å². The predicted octanol–water partition coefficient (Wildman–Crippen LogP) is 3.98. The van der Waals surface area contributed by atoms with Gasteiger partial charge in [0.05, 0.1) is 11.1 Å². The Hall–Kier alpha value is -0.540. The molecule has 3 atom stereocenters. The molecule has 104 valence electrons. The van der Waals surface area contributed by atoms with E-state index >= 15 is 0 Å². The van der Waals surface area contributed by atoms with Gasteiger partial charge in [0.2, 0.25) is 0 Å². The molecule has 1 aromatic rings. The summed E-state index contributed by atoms with van der Waals surface area (Å²) in [7, 11) is 1.97. The summed E-state index contributed by atoms with van der Waals surface area (Å²) in [4.78, 5) is 0. The van der Waals surface area contributed by atoms with E-state index in [1.54, 1.807) is 0 Å². The molecule has 3 unspecified atom stereocenters. The van der Waals surface area contributed by atoms with Gasteiger partial charge in [0.25, 0.3) is 0 Å². The molecule has 2 saturated carbocycles. The van der Waals surface area contributed by atoms with Crippen LogP contribution in [0.5, 0.6) is 5.75 Å². The summed E-state index contributed by atoms with van der Waals surface area (Å²) in [6.45, 7) is 1.79. The number of rotatable bonds is 5. The van der Waals surface area contributed by atoms with E-state index in [9.17, 15) is 0 Å². The summed E-state index contributed by atoms with van der Waals surface area (Å²) in [6.07, 6.45) is 5.74. The normalized spacial score (nSPS) is 28.8. The molecule has 2 aliphatic rings. The first kappa shape index (κ1) is 13.4. The molecule has 1 N–H and O–H groups in total. The Morgan fingerprint density at radius 2 is 2.21 bits per heavy atom. The van der Waals surface area contributed by atoms with Crippen LogP contribution >= 0.6 is 15.9 Å². The summed E-state index contributed by atoms with van der Waals surface area (Å²) in [5, 5.41) is 3.16. The molecule has 2 aliphatic carbocycles. The lowest BCUT2D eigenvalue weighted by Crippen LogP contribution is -2.18. The lowest BCUT2D eigenvalue weighted by Gasteiger charge is -2.22. The quantitative estimate of drug-likeness (QED) is 0.884. The summed E-state index contributed by atoms with van der Waals surface area (Å²) in [5.41, 5.74) is 1.28. The maximum atomic E-state index is 6.04. The van der Waals surface area contributed by atoms with Crippen molar-refractivity contribution in [3.63, 3.8) is 0 Å². The van der Waals surface area contributed by atoms with Crippen LogP contribution in [0.1, 0.15) is 31.2 Å². The molecule has 0 radical (unpaired) electrons. The van der Waals surface area contributed by atoms with Crippen molar-refractivity contribution in [1.29, 1.82) is 0 Å². The van der Waals surface area contributed by atoms with Gasteiger partial charge in [0.1, 0.15) is 5.75 Å². The maximum absolute atomic E-state index is 6.04. The van der Waals surface area contributed by atoms with Crippen molar-refractivity contribution < 1.29 is 4.74 Å². The summed E-state index contributed by atoms with van der Waals surface area (Å²) in [6, 6.07) is 6.37. The van der Waals surface area contributed by atoms with Crippen LogP contribution in [0, 0.1) is 17.8 Å². The highest BCUT2D eigenvalue weighted by molar-refractivity contribution is 9.10. The molecule has 0 amide bonds. The minimum Gasteiger partial charge on any atom is -0.492 e. The van der Waals surface area contributed by atoms with Crippen molar-refractivity contribution >= 4 is 15.9 Å². The maximum Gasteiger partial charge on any atom is 0.133 e. The second-order valence-corrected chi connectivity index (χ2v) is 6.90. The molecule has 0 heterocycles. The van der Waals surface area contributed by atoms with Gasteiger partial charge in [-0.05, 0) is 77.7 Å². The molecule has 0 saturated heterocycles. The zero-order chi connectivity index (χ0) is 13.2. The molecule has 19 heavy (non-hydrogen) atoms. The van der Waals surface area contributed by atoms with Crippen molar-refractivity contribution in [3.05, 3.63) is 28.2 Å². The molecule has 3 heteroatoms. The zero-order valence-corrected chi connectivity index (χ0v) is 13.1. The van der Waals surface area contributed by atoms with E-state index in [1.165, 1.54) is 31.2 Å². The number of hydrogen-bond acceptors (Lipinski definition) is 2. The fourth-order valence-electron chi connectivity index (χ4n) is 3.75. The van der Waals surface area contributed by atoms with Crippen molar-refractivity contribution in [2.24, 2.45) is 17.8 Å². The highest BCUT2D eigenvalue weighted by Crippen LogP contribution is 2.48. The lowest BCUT2D eigenvalue weighted by molar-refractivity contribution is 0.194. The van der Waals surface area contributed by atoms with Crippen molar-refractivity contribution in [3.8, 4) is 5.75 Å². The molecule has 2 fully saturated rings. The predicted molar refractivity (Wildman–Crippen MR) is 81.3 cm³/mol. The Balaban J connectivity index is 1.58. The van der Waals surface area contributed by atoms with Crippen LogP contribution < -0.4 is 10.1 Å². The first-order chi connectivity index (χ1) is 9.26. The van der Waals surface area contributed by atoms with Crippen molar-refractivity contribution in [2.75, 3.05) is 13.7 Å². The number of ether oxygens (including phenoxy) is 1. The van der Waals surface area contributed by atoms with Crippen LogP contribution in [0.15, 0.2) is 22.7 Å². The van der Waals surface area contributed by atoms with Crippen LogP contribution in [0.25, 0.3) is 0 Å². The van der Waals surface area contributed by atoms with Crippen LogP contribution in [0.3, 0.4) is 0 Å². The van der Waals surface area contributed by atoms with E-state index in [1.807, 2.05) is 7.05 Å². The van der Waals surface area contributed by atoms with Gasteiger partial charge in [-0.25, -0.2) is 0 Å².